The van der Waals surface area contributed by atoms with Crippen LogP contribution < -0.4 is 10.1 Å². The van der Waals surface area contributed by atoms with E-state index >= 15 is 0 Å². The molecule has 0 aliphatic heterocycles. The van der Waals surface area contributed by atoms with Crippen LogP contribution in [-0.2, 0) is 13.2 Å². The third-order valence-electron chi connectivity index (χ3n) is 3.70. The van der Waals surface area contributed by atoms with Gasteiger partial charge in [-0.1, -0.05) is 51.8 Å². The highest BCUT2D eigenvalue weighted by Gasteiger charge is 2.06. The Labute approximate surface area is 159 Å². The molecule has 0 aliphatic rings. The summed E-state index contributed by atoms with van der Waals surface area (Å²) in [5.74, 6) is 0.417. The van der Waals surface area contributed by atoms with Gasteiger partial charge in [-0.3, -0.25) is 0 Å². The van der Waals surface area contributed by atoms with Crippen molar-refractivity contribution in [1.82, 2.24) is 0 Å². The maximum Gasteiger partial charge on any atom is 0.124 e. The van der Waals surface area contributed by atoms with Gasteiger partial charge in [-0.05, 0) is 42.5 Å². The van der Waals surface area contributed by atoms with Gasteiger partial charge in [0.15, 0.2) is 0 Å². The van der Waals surface area contributed by atoms with Crippen LogP contribution in [0, 0.1) is 5.82 Å². The third kappa shape index (κ3) is 4.97. The van der Waals surface area contributed by atoms with Crippen molar-refractivity contribution in [2.75, 3.05) is 5.32 Å². The minimum Gasteiger partial charge on any atom is -0.488 e. The highest BCUT2D eigenvalue weighted by Crippen LogP contribution is 2.24. The SMILES string of the molecule is Fc1ccc(COc2ccccc2CNc2ccc(Br)cc2)c(Cl)c1. The fourth-order valence-electron chi connectivity index (χ4n) is 2.35. The van der Waals surface area contributed by atoms with Gasteiger partial charge in [0.05, 0.1) is 5.02 Å². The Morgan fingerprint density at radius 3 is 2.48 bits per heavy atom. The lowest BCUT2D eigenvalue weighted by atomic mass is 10.2. The number of halogens is 3. The van der Waals surface area contributed by atoms with Gasteiger partial charge < -0.3 is 10.1 Å². The van der Waals surface area contributed by atoms with Crippen LogP contribution in [0.5, 0.6) is 5.75 Å². The maximum atomic E-state index is 13.1. The summed E-state index contributed by atoms with van der Waals surface area (Å²) in [5.41, 5.74) is 2.81. The van der Waals surface area contributed by atoms with Gasteiger partial charge in [0, 0.05) is 27.8 Å². The highest BCUT2D eigenvalue weighted by molar-refractivity contribution is 9.10. The molecule has 0 atom stereocenters. The van der Waals surface area contributed by atoms with Gasteiger partial charge in [0.1, 0.15) is 18.2 Å². The first-order valence-electron chi connectivity index (χ1n) is 7.76. The summed E-state index contributed by atoms with van der Waals surface area (Å²) in [6.45, 7) is 0.920. The van der Waals surface area contributed by atoms with Crippen molar-refractivity contribution in [3.05, 3.63) is 93.2 Å². The van der Waals surface area contributed by atoms with E-state index in [1.165, 1.54) is 12.1 Å². The number of nitrogens with one attached hydrogen (secondary N) is 1. The topological polar surface area (TPSA) is 21.3 Å². The van der Waals surface area contributed by atoms with Crippen molar-refractivity contribution >= 4 is 33.2 Å². The van der Waals surface area contributed by atoms with Crippen molar-refractivity contribution in [2.45, 2.75) is 13.2 Å². The smallest absolute Gasteiger partial charge is 0.124 e. The van der Waals surface area contributed by atoms with E-state index < -0.39 is 0 Å². The van der Waals surface area contributed by atoms with E-state index in [-0.39, 0.29) is 12.4 Å². The molecule has 3 rings (SSSR count). The first-order valence-corrected chi connectivity index (χ1v) is 8.93. The molecule has 128 valence electrons. The Hall–Kier alpha value is -2.04. The average molecular weight is 421 g/mol. The van der Waals surface area contributed by atoms with Gasteiger partial charge in [-0.15, -0.1) is 0 Å². The molecule has 25 heavy (non-hydrogen) atoms. The van der Waals surface area contributed by atoms with Gasteiger partial charge in [-0.25, -0.2) is 4.39 Å². The van der Waals surface area contributed by atoms with E-state index in [0.29, 0.717) is 11.6 Å². The first kappa shape index (κ1) is 17.8. The van der Waals surface area contributed by atoms with Gasteiger partial charge in [0.2, 0.25) is 0 Å². The van der Waals surface area contributed by atoms with Crippen LogP contribution >= 0.6 is 27.5 Å². The lowest BCUT2D eigenvalue weighted by Crippen LogP contribution is -2.04. The van der Waals surface area contributed by atoms with E-state index in [0.717, 1.165) is 27.0 Å². The number of anilines is 1. The Bertz CT molecular complexity index is 855. The molecule has 0 saturated heterocycles. The molecule has 0 spiro atoms. The monoisotopic (exact) mass is 419 g/mol. The van der Waals surface area contributed by atoms with E-state index in [1.54, 1.807) is 6.07 Å². The van der Waals surface area contributed by atoms with Crippen molar-refractivity contribution < 1.29 is 9.13 Å². The summed E-state index contributed by atoms with van der Waals surface area (Å²) in [4.78, 5) is 0. The third-order valence-corrected chi connectivity index (χ3v) is 4.58. The number of hydrogen-bond donors (Lipinski definition) is 1. The normalized spacial score (nSPS) is 10.5. The zero-order chi connectivity index (χ0) is 17.6. The number of ether oxygens (including phenoxy) is 1. The fraction of sp³-hybridized carbons (Fsp3) is 0.100. The zero-order valence-electron chi connectivity index (χ0n) is 13.3. The summed E-state index contributed by atoms with van der Waals surface area (Å²) in [6.07, 6.45) is 0. The van der Waals surface area contributed by atoms with E-state index in [4.69, 9.17) is 16.3 Å². The summed E-state index contributed by atoms with van der Waals surface area (Å²) in [5, 5.41) is 3.74. The zero-order valence-corrected chi connectivity index (χ0v) is 15.6. The predicted octanol–water partition coefficient (Wildman–Crippen LogP) is 6.43. The van der Waals surface area contributed by atoms with Crippen molar-refractivity contribution in [2.24, 2.45) is 0 Å². The minimum atomic E-state index is -0.354. The van der Waals surface area contributed by atoms with Gasteiger partial charge >= 0.3 is 0 Å². The van der Waals surface area contributed by atoms with Crippen LogP contribution in [0.3, 0.4) is 0 Å². The molecule has 0 aromatic heterocycles. The lowest BCUT2D eigenvalue weighted by molar-refractivity contribution is 0.303. The second kappa shape index (κ2) is 8.37. The van der Waals surface area contributed by atoms with Crippen molar-refractivity contribution in [3.8, 4) is 5.75 Å². The summed E-state index contributed by atoms with van der Waals surface area (Å²) < 4.78 is 20.1. The first-order chi connectivity index (χ1) is 12.1. The van der Waals surface area contributed by atoms with Crippen LogP contribution in [0.15, 0.2) is 71.2 Å². The molecule has 5 heteroatoms. The van der Waals surface area contributed by atoms with Crippen molar-refractivity contribution in [3.63, 3.8) is 0 Å². The molecule has 0 bridgehead atoms. The largest absolute Gasteiger partial charge is 0.488 e. The Morgan fingerprint density at radius 2 is 1.72 bits per heavy atom. The standard InChI is InChI=1S/C20H16BrClFNO/c21-16-6-9-18(10-7-16)24-12-14-3-1-2-4-20(14)25-13-15-5-8-17(23)11-19(15)22/h1-11,24H,12-13H2. The van der Waals surface area contributed by atoms with E-state index in [2.05, 4.69) is 21.2 Å². The molecule has 3 aromatic carbocycles. The second-order valence-corrected chi connectivity index (χ2v) is 6.82. The van der Waals surface area contributed by atoms with Crippen LogP contribution in [0.25, 0.3) is 0 Å². The molecule has 2 nitrogen and oxygen atoms in total. The van der Waals surface area contributed by atoms with Crippen molar-refractivity contribution in [1.29, 1.82) is 0 Å². The summed E-state index contributed by atoms with van der Waals surface area (Å²) in [7, 11) is 0. The molecule has 3 aromatic rings. The molecule has 0 fully saturated rings. The molecule has 0 saturated carbocycles. The van der Waals surface area contributed by atoms with Crippen LogP contribution in [0.4, 0.5) is 10.1 Å². The van der Waals surface area contributed by atoms with E-state index in [9.17, 15) is 4.39 Å². The molecular formula is C20H16BrClFNO. The van der Waals surface area contributed by atoms with Crippen LogP contribution in [-0.4, -0.2) is 0 Å². The molecular weight excluding hydrogens is 405 g/mol. The Balaban J connectivity index is 1.67. The molecule has 0 aliphatic carbocycles. The molecule has 0 radical (unpaired) electrons. The molecule has 1 N–H and O–H groups in total. The second-order valence-electron chi connectivity index (χ2n) is 5.49. The van der Waals surface area contributed by atoms with Gasteiger partial charge in [-0.2, -0.15) is 0 Å². The molecule has 0 unspecified atom stereocenters. The number of benzene rings is 3. The van der Waals surface area contributed by atoms with Crippen LogP contribution in [0.1, 0.15) is 11.1 Å². The maximum absolute atomic E-state index is 13.1. The number of hydrogen-bond acceptors (Lipinski definition) is 2. The number of rotatable bonds is 6. The predicted molar refractivity (Wildman–Crippen MR) is 104 cm³/mol. The Morgan fingerprint density at radius 1 is 0.960 bits per heavy atom. The van der Waals surface area contributed by atoms with E-state index in [1.807, 2.05) is 48.5 Å². The summed E-state index contributed by atoms with van der Waals surface area (Å²) in [6, 6.07) is 20.1. The fourth-order valence-corrected chi connectivity index (χ4v) is 2.84. The van der Waals surface area contributed by atoms with Gasteiger partial charge in [0.25, 0.3) is 0 Å². The lowest BCUT2D eigenvalue weighted by Gasteiger charge is -2.13. The number of para-hydroxylation sites is 1. The molecule has 0 amide bonds. The molecule has 0 heterocycles. The van der Waals surface area contributed by atoms with Crippen LogP contribution in [0.2, 0.25) is 5.02 Å². The summed E-state index contributed by atoms with van der Waals surface area (Å²) >= 11 is 9.48. The average Bonchev–Trinajstić information content (AvgIpc) is 2.61. The quantitative estimate of drug-likeness (QED) is 0.496. The Kier molecular flexibility index (Phi) is 5.95. The minimum absolute atomic E-state index is 0.286. The highest BCUT2D eigenvalue weighted by atomic mass is 79.9.